The van der Waals surface area contributed by atoms with Gasteiger partial charge in [-0.15, -0.1) is 0 Å². The van der Waals surface area contributed by atoms with Gasteiger partial charge in [0.05, 0.1) is 17.5 Å². The van der Waals surface area contributed by atoms with E-state index in [2.05, 4.69) is 20.2 Å². The second kappa shape index (κ2) is 4.49. The molecular formula is C13H10FN5. The van der Waals surface area contributed by atoms with Crippen molar-refractivity contribution in [2.24, 2.45) is 0 Å². The summed E-state index contributed by atoms with van der Waals surface area (Å²) in [6.45, 7) is 0. The van der Waals surface area contributed by atoms with Gasteiger partial charge in [-0.1, -0.05) is 6.07 Å². The molecule has 0 amide bonds. The number of hydrogen-bond acceptors (Lipinski definition) is 4. The second-order valence-electron chi connectivity index (χ2n) is 3.99. The van der Waals surface area contributed by atoms with E-state index >= 15 is 0 Å². The molecule has 6 heteroatoms. The SMILES string of the molecule is Nc1n[nH]c(-c2cncc(F)c2)c1-c1cccnc1. The van der Waals surface area contributed by atoms with Crippen molar-refractivity contribution in [1.82, 2.24) is 20.2 Å². The van der Waals surface area contributed by atoms with Crippen molar-refractivity contribution in [3.63, 3.8) is 0 Å². The monoisotopic (exact) mass is 255 g/mol. The van der Waals surface area contributed by atoms with E-state index in [9.17, 15) is 4.39 Å². The Morgan fingerprint density at radius 1 is 1.11 bits per heavy atom. The van der Waals surface area contributed by atoms with Crippen LogP contribution in [0, 0.1) is 5.82 Å². The quantitative estimate of drug-likeness (QED) is 0.736. The van der Waals surface area contributed by atoms with Gasteiger partial charge in [0.15, 0.2) is 5.82 Å². The molecule has 0 radical (unpaired) electrons. The van der Waals surface area contributed by atoms with Crippen molar-refractivity contribution < 1.29 is 4.39 Å². The number of halogens is 1. The molecule has 3 aromatic rings. The second-order valence-corrected chi connectivity index (χ2v) is 3.99. The summed E-state index contributed by atoms with van der Waals surface area (Å²) >= 11 is 0. The summed E-state index contributed by atoms with van der Waals surface area (Å²) < 4.78 is 13.3. The zero-order valence-electron chi connectivity index (χ0n) is 9.84. The zero-order chi connectivity index (χ0) is 13.2. The standard InChI is InChI=1S/C13H10FN5/c14-10-4-9(6-17-7-10)12-11(13(15)19-18-12)8-2-1-3-16-5-8/h1-7H,(H3,15,18,19). The minimum atomic E-state index is -0.414. The van der Waals surface area contributed by atoms with Crippen molar-refractivity contribution in [2.45, 2.75) is 0 Å². The first-order valence-electron chi connectivity index (χ1n) is 5.61. The highest BCUT2D eigenvalue weighted by atomic mass is 19.1. The fourth-order valence-corrected chi connectivity index (χ4v) is 1.92. The number of aromatic amines is 1. The van der Waals surface area contributed by atoms with Crippen LogP contribution in [0.5, 0.6) is 0 Å². The molecule has 0 aromatic carbocycles. The molecule has 0 saturated carbocycles. The molecule has 94 valence electrons. The zero-order valence-corrected chi connectivity index (χ0v) is 9.84. The number of nitrogens with one attached hydrogen (secondary N) is 1. The maximum absolute atomic E-state index is 13.3. The van der Waals surface area contributed by atoms with E-state index in [-0.39, 0.29) is 0 Å². The predicted molar refractivity (Wildman–Crippen MR) is 69.4 cm³/mol. The normalized spacial score (nSPS) is 10.6. The van der Waals surface area contributed by atoms with Crippen molar-refractivity contribution in [3.8, 4) is 22.4 Å². The van der Waals surface area contributed by atoms with E-state index in [0.29, 0.717) is 22.6 Å². The molecule has 0 saturated heterocycles. The molecular weight excluding hydrogens is 245 g/mol. The van der Waals surface area contributed by atoms with Crippen molar-refractivity contribution in [3.05, 3.63) is 48.8 Å². The number of nitrogens with two attached hydrogens (primary N) is 1. The van der Waals surface area contributed by atoms with Gasteiger partial charge in [-0.3, -0.25) is 15.1 Å². The Labute approximate surface area is 108 Å². The number of aromatic nitrogens is 4. The largest absolute Gasteiger partial charge is 0.382 e. The molecule has 0 aliphatic heterocycles. The highest BCUT2D eigenvalue weighted by Gasteiger charge is 2.15. The van der Waals surface area contributed by atoms with Gasteiger partial charge in [-0.2, -0.15) is 5.10 Å². The first-order chi connectivity index (χ1) is 9.25. The molecule has 0 bridgehead atoms. The average molecular weight is 255 g/mol. The lowest BCUT2D eigenvalue weighted by Gasteiger charge is -2.04. The predicted octanol–water partition coefficient (Wildman–Crippen LogP) is 2.25. The first-order valence-corrected chi connectivity index (χ1v) is 5.61. The van der Waals surface area contributed by atoms with Gasteiger partial charge < -0.3 is 5.73 Å². The number of nitrogen functional groups attached to an aromatic ring is 1. The van der Waals surface area contributed by atoms with Crippen LogP contribution >= 0.6 is 0 Å². The van der Waals surface area contributed by atoms with Crippen LogP contribution in [0.2, 0.25) is 0 Å². The summed E-state index contributed by atoms with van der Waals surface area (Å²) in [5.74, 6) is -0.0740. The van der Waals surface area contributed by atoms with Gasteiger partial charge in [-0.25, -0.2) is 4.39 Å². The van der Waals surface area contributed by atoms with Crippen LogP contribution in [0.4, 0.5) is 10.2 Å². The molecule has 0 atom stereocenters. The lowest BCUT2D eigenvalue weighted by atomic mass is 10.0. The van der Waals surface area contributed by atoms with Gasteiger partial charge in [0.1, 0.15) is 5.82 Å². The third kappa shape index (κ3) is 2.03. The molecule has 3 aromatic heterocycles. The third-order valence-corrected chi connectivity index (χ3v) is 2.74. The Hall–Kier alpha value is -2.76. The van der Waals surface area contributed by atoms with Crippen molar-refractivity contribution in [1.29, 1.82) is 0 Å². The smallest absolute Gasteiger partial charge is 0.153 e. The topological polar surface area (TPSA) is 80.5 Å². The molecule has 0 spiro atoms. The van der Waals surface area contributed by atoms with Gasteiger partial charge in [0.25, 0.3) is 0 Å². The van der Waals surface area contributed by atoms with Crippen molar-refractivity contribution >= 4 is 5.82 Å². The van der Waals surface area contributed by atoms with E-state index in [1.807, 2.05) is 6.07 Å². The lowest BCUT2D eigenvalue weighted by molar-refractivity contribution is 0.622. The van der Waals surface area contributed by atoms with Gasteiger partial charge in [0, 0.05) is 29.7 Å². The number of nitrogens with zero attached hydrogens (tertiary/aromatic N) is 3. The number of pyridine rings is 2. The summed E-state index contributed by atoms with van der Waals surface area (Å²) in [7, 11) is 0. The Morgan fingerprint density at radius 3 is 2.68 bits per heavy atom. The van der Waals surface area contributed by atoms with Crippen LogP contribution < -0.4 is 5.73 Å². The molecule has 3 N–H and O–H groups in total. The Balaban J connectivity index is 2.19. The van der Waals surface area contributed by atoms with E-state index in [4.69, 9.17) is 5.73 Å². The fraction of sp³-hybridized carbons (Fsp3) is 0. The van der Waals surface area contributed by atoms with E-state index < -0.39 is 5.82 Å². The summed E-state index contributed by atoms with van der Waals surface area (Å²) in [6.07, 6.45) is 6.05. The van der Waals surface area contributed by atoms with Crippen LogP contribution in [-0.2, 0) is 0 Å². The van der Waals surface area contributed by atoms with Gasteiger partial charge >= 0.3 is 0 Å². The van der Waals surface area contributed by atoms with Gasteiger partial charge in [0.2, 0.25) is 0 Å². The van der Waals surface area contributed by atoms with E-state index in [1.165, 1.54) is 6.07 Å². The third-order valence-electron chi connectivity index (χ3n) is 2.74. The summed E-state index contributed by atoms with van der Waals surface area (Å²) in [5.41, 5.74) is 8.58. The molecule has 3 heterocycles. The average Bonchev–Trinajstić information content (AvgIpc) is 2.82. The fourth-order valence-electron chi connectivity index (χ4n) is 1.92. The molecule has 0 aliphatic rings. The molecule has 5 nitrogen and oxygen atoms in total. The van der Waals surface area contributed by atoms with Crippen LogP contribution in [0.1, 0.15) is 0 Å². The Morgan fingerprint density at radius 2 is 1.95 bits per heavy atom. The minimum Gasteiger partial charge on any atom is -0.382 e. The highest BCUT2D eigenvalue weighted by Crippen LogP contribution is 2.33. The number of anilines is 1. The lowest BCUT2D eigenvalue weighted by Crippen LogP contribution is -1.90. The Bertz CT molecular complexity index is 708. The molecule has 0 aliphatic carbocycles. The number of rotatable bonds is 2. The van der Waals surface area contributed by atoms with Crippen LogP contribution in [0.25, 0.3) is 22.4 Å². The maximum atomic E-state index is 13.3. The van der Waals surface area contributed by atoms with Crippen molar-refractivity contribution in [2.75, 3.05) is 5.73 Å². The summed E-state index contributed by atoms with van der Waals surface area (Å²) in [6, 6.07) is 5.04. The van der Waals surface area contributed by atoms with E-state index in [0.717, 1.165) is 11.8 Å². The maximum Gasteiger partial charge on any atom is 0.153 e. The number of hydrogen-bond donors (Lipinski definition) is 2. The molecule has 0 fully saturated rings. The minimum absolute atomic E-state index is 0.340. The van der Waals surface area contributed by atoms with Gasteiger partial charge in [-0.05, 0) is 12.1 Å². The molecule has 3 rings (SSSR count). The first kappa shape index (κ1) is 11.3. The molecule has 19 heavy (non-hydrogen) atoms. The number of H-pyrrole nitrogens is 1. The van der Waals surface area contributed by atoms with E-state index in [1.54, 1.807) is 24.7 Å². The van der Waals surface area contributed by atoms with Crippen LogP contribution in [0.3, 0.4) is 0 Å². The van der Waals surface area contributed by atoms with Crippen LogP contribution in [0.15, 0.2) is 43.0 Å². The Kier molecular flexibility index (Phi) is 2.68. The summed E-state index contributed by atoms with van der Waals surface area (Å²) in [5, 5.41) is 6.78. The summed E-state index contributed by atoms with van der Waals surface area (Å²) in [4.78, 5) is 7.87. The highest BCUT2D eigenvalue weighted by molar-refractivity contribution is 5.87. The molecule has 0 unspecified atom stereocenters. The van der Waals surface area contributed by atoms with Crippen LogP contribution in [-0.4, -0.2) is 20.2 Å².